The van der Waals surface area contributed by atoms with Crippen molar-refractivity contribution in [2.75, 3.05) is 13.1 Å². The largest absolute Gasteiger partial charge is 0.481 e. The molecular weight excluding hydrogens is 456 g/mol. The zero-order valence-electron chi connectivity index (χ0n) is 18.5. The summed E-state index contributed by atoms with van der Waals surface area (Å²) in [4.78, 5) is 74.2. The first-order valence-electron chi connectivity index (χ1n) is 10.3. The third-order valence-corrected chi connectivity index (χ3v) is 4.36. The molecule has 16 heteroatoms. The minimum atomic E-state index is -1.45. The van der Waals surface area contributed by atoms with Crippen LogP contribution in [-0.4, -0.2) is 83.0 Å². The molecule has 16 nitrogen and oxygen atoms in total. The lowest BCUT2D eigenvalue weighted by atomic mass is 10.1. The van der Waals surface area contributed by atoms with E-state index in [9.17, 15) is 33.9 Å². The molecule has 0 aromatic carbocycles. The van der Waals surface area contributed by atoms with Crippen LogP contribution in [0.1, 0.15) is 38.5 Å². The fourth-order valence-electron chi connectivity index (χ4n) is 2.65. The van der Waals surface area contributed by atoms with Gasteiger partial charge in [0.1, 0.15) is 18.1 Å². The van der Waals surface area contributed by atoms with Gasteiger partial charge in [-0.2, -0.15) is 0 Å². The van der Waals surface area contributed by atoms with E-state index in [1.807, 2.05) is 0 Å². The Bertz CT molecular complexity index is 784. The second-order valence-electron chi connectivity index (χ2n) is 7.17. The molecule has 0 aliphatic heterocycles. The van der Waals surface area contributed by atoms with E-state index >= 15 is 0 Å². The number of guanidine groups is 1. The second kappa shape index (κ2) is 15.8. The van der Waals surface area contributed by atoms with E-state index in [1.54, 1.807) is 0 Å². The van der Waals surface area contributed by atoms with Crippen molar-refractivity contribution in [3.63, 3.8) is 0 Å². The molecule has 192 valence electrons. The van der Waals surface area contributed by atoms with Gasteiger partial charge in [0.15, 0.2) is 5.96 Å². The van der Waals surface area contributed by atoms with Crippen molar-refractivity contribution in [1.29, 1.82) is 0 Å². The molecule has 0 rings (SSSR count). The molecule has 13 N–H and O–H groups in total. The number of carbonyl (C=O) groups is 6. The predicted molar refractivity (Wildman–Crippen MR) is 118 cm³/mol. The molecule has 0 aliphatic rings. The molecule has 0 heterocycles. The molecule has 34 heavy (non-hydrogen) atoms. The summed E-state index contributed by atoms with van der Waals surface area (Å²) in [6.07, 6.45) is -1.22. The van der Waals surface area contributed by atoms with Crippen molar-refractivity contribution in [2.45, 2.75) is 56.7 Å². The van der Waals surface area contributed by atoms with E-state index < -0.39 is 66.7 Å². The Labute approximate surface area is 194 Å². The van der Waals surface area contributed by atoms with Gasteiger partial charge >= 0.3 is 11.9 Å². The molecule has 0 spiro atoms. The molecular formula is C18H32N8O8. The number of nitrogens with one attached hydrogen (secondary N) is 3. The monoisotopic (exact) mass is 488 g/mol. The highest BCUT2D eigenvalue weighted by molar-refractivity contribution is 5.94. The summed E-state index contributed by atoms with van der Waals surface area (Å²) >= 11 is 0. The summed E-state index contributed by atoms with van der Waals surface area (Å²) in [6, 6.07) is -4.11. The van der Waals surface area contributed by atoms with Crippen LogP contribution in [0.5, 0.6) is 0 Å². The highest BCUT2D eigenvalue weighted by Crippen LogP contribution is 2.05. The quantitative estimate of drug-likeness (QED) is 0.0535. The Morgan fingerprint density at radius 1 is 0.765 bits per heavy atom. The summed E-state index contributed by atoms with van der Waals surface area (Å²) < 4.78 is 0. The average molecular weight is 489 g/mol. The molecule has 0 saturated carbocycles. The minimum Gasteiger partial charge on any atom is -0.481 e. The van der Waals surface area contributed by atoms with Crippen LogP contribution < -0.4 is 38.9 Å². The van der Waals surface area contributed by atoms with E-state index in [0.717, 1.165) is 0 Å². The highest BCUT2D eigenvalue weighted by atomic mass is 16.4. The molecule has 0 aromatic rings. The second-order valence-corrected chi connectivity index (χ2v) is 7.17. The molecule has 4 amide bonds. The molecule has 0 fully saturated rings. The van der Waals surface area contributed by atoms with Crippen molar-refractivity contribution in [2.24, 2.45) is 27.9 Å². The summed E-state index contributed by atoms with van der Waals surface area (Å²) in [5.74, 6) is -6.14. The number of rotatable bonds is 17. The summed E-state index contributed by atoms with van der Waals surface area (Å²) in [5.41, 5.74) is 20.7. The molecule has 0 radical (unpaired) electrons. The highest BCUT2D eigenvalue weighted by Gasteiger charge is 2.29. The molecule has 3 unspecified atom stereocenters. The van der Waals surface area contributed by atoms with Crippen LogP contribution in [0.4, 0.5) is 0 Å². The first-order chi connectivity index (χ1) is 15.9. The maximum absolute atomic E-state index is 12.7. The first kappa shape index (κ1) is 30.0. The van der Waals surface area contributed by atoms with E-state index in [0.29, 0.717) is 0 Å². The van der Waals surface area contributed by atoms with Crippen LogP contribution in [0.25, 0.3) is 0 Å². The lowest BCUT2D eigenvalue weighted by molar-refractivity contribution is -0.143. The number of aliphatic carboxylic acids is 2. The van der Waals surface area contributed by atoms with Crippen LogP contribution in [-0.2, 0) is 28.8 Å². The van der Waals surface area contributed by atoms with Gasteiger partial charge in [0.2, 0.25) is 23.6 Å². The fraction of sp³-hybridized carbons (Fsp3) is 0.611. The van der Waals surface area contributed by atoms with Gasteiger partial charge in [0.05, 0.1) is 6.54 Å². The molecule has 0 saturated heterocycles. The molecule has 0 aromatic heterocycles. The van der Waals surface area contributed by atoms with Gasteiger partial charge in [0.25, 0.3) is 0 Å². The lowest BCUT2D eigenvalue weighted by Gasteiger charge is -2.24. The average Bonchev–Trinajstić information content (AvgIpc) is 2.74. The zero-order chi connectivity index (χ0) is 26.3. The van der Waals surface area contributed by atoms with Crippen LogP contribution in [0.2, 0.25) is 0 Å². The molecule has 0 aliphatic carbocycles. The Balaban J connectivity index is 5.43. The Morgan fingerprint density at radius 3 is 1.76 bits per heavy atom. The van der Waals surface area contributed by atoms with E-state index in [-0.39, 0.29) is 44.6 Å². The van der Waals surface area contributed by atoms with Crippen LogP contribution in [0.15, 0.2) is 4.99 Å². The lowest BCUT2D eigenvalue weighted by Crippen LogP contribution is -2.56. The number of hydrogen-bond donors (Lipinski definition) is 9. The van der Waals surface area contributed by atoms with Gasteiger partial charge < -0.3 is 49.1 Å². The standard InChI is InChI=1S/C18H32N8O8/c19-8-13(28)24-9(3-5-12(20)27)15(31)25-10(4-6-14(29)30)16(32)26-11(17(33)34)2-1-7-23-18(21)22/h9-11H,1-8,19H2,(H2,20,27)(H,24,28)(H,25,31)(H,26,32)(H,29,30)(H,33,34)(H4,21,22,23). The Hall–Kier alpha value is -3.95. The summed E-state index contributed by atoms with van der Waals surface area (Å²) in [5, 5.41) is 25.1. The van der Waals surface area contributed by atoms with Crippen molar-refractivity contribution in [1.82, 2.24) is 16.0 Å². The maximum atomic E-state index is 12.7. The number of nitrogens with zero attached hydrogens (tertiary/aromatic N) is 1. The number of carboxylic acid groups (broad SMARTS) is 2. The number of carboxylic acids is 2. The topological polar surface area (TPSA) is 295 Å². The molecule has 3 atom stereocenters. The van der Waals surface area contributed by atoms with Gasteiger partial charge in [-0.15, -0.1) is 0 Å². The number of aliphatic imine (C=N–C) groups is 1. The number of nitrogens with two attached hydrogens (primary N) is 4. The molecule has 0 bridgehead atoms. The van der Waals surface area contributed by atoms with Gasteiger partial charge in [-0.25, -0.2) is 4.79 Å². The van der Waals surface area contributed by atoms with E-state index in [2.05, 4.69) is 20.9 Å². The van der Waals surface area contributed by atoms with Crippen molar-refractivity contribution in [3.8, 4) is 0 Å². The summed E-state index contributed by atoms with van der Waals surface area (Å²) in [6.45, 7) is -0.340. The van der Waals surface area contributed by atoms with Crippen molar-refractivity contribution in [3.05, 3.63) is 0 Å². The minimum absolute atomic E-state index is 0.0504. The van der Waals surface area contributed by atoms with Crippen LogP contribution in [0.3, 0.4) is 0 Å². The SMILES string of the molecule is NCC(=O)NC(CCC(N)=O)C(=O)NC(CCC(=O)O)C(=O)NC(CCCN=C(N)N)C(=O)O. The van der Waals surface area contributed by atoms with Crippen molar-refractivity contribution < 1.29 is 39.0 Å². The normalized spacial score (nSPS) is 13.0. The maximum Gasteiger partial charge on any atom is 0.326 e. The van der Waals surface area contributed by atoms with Gasteiger partial charge in [-0.1, -0.05) is 0 Å². The first-order valence-corrected chi connectivity index (χ1v) is 10.3. The number of carbonyl (C=O) groups excluding carboxylic acids is 4. The van der Waals surface area contributed by atoms with E-state index in [1.165, 1.54) is 0 Å². The van der Waals surface area contributed by atoms with Gasteiger partial charge in [0, 0.05) is 19.4 Å². The Morgan fingerprint density at radius 2 is 1.29 bits per heavy atom. The predicted octanol–water partition coefficient (Wildman–Crippen LogP) is -4.33. The smallest absolute Gasteiger partial charge is 0.326 e. The van der Waals surface area contributed by atoms with Gasteiger partial charge in [-0.3, -0.25) is 29.0 Å². The number of primary amides is 1. The van der Waals surface area contributed by atoms with Crippen molar-refractivity contribution >= 4 is 41.5 Å². The van der Waals surface area contributed by atoms with Crippen LogP contribution in [0, 0.1) is 0 Å². The van der Waals surface area contributed by atoms with Gasteiger partial charge in [-0.05, 0) is 25.7 Å². The van der Waals surface area contributed by atoms with E-state index in [4.69, 9.17) is 28.0 Å². The third-order valence-electron chi connectivity index (χ3n) is 4.36. The third kappa shape index (κ3) is 13.5. The Kier molecular flexibility index (Phi) is 14.0. The number of hydrogen-bond acceptors (Lipinski definition) is 8. The summed E-state index contributed by atoms with van der Waals surface area (Å²) in [7, 11) is 0. The fourth-order valence-corrected chi connectivity index (χ4v) is 2.65. The number of amides is 4. The van der Waals surface area contributed by atoms with Crippen LogP contribution >= 0.6 is 0 Å². The zero-order valence-corrected chi connectivity index (χ0v) is 18.5.